The second-order valence-corrected chi connectivity index (χ2v) is 4.22. The Bertz CT molecular complexity index is 688. The summed E-state index contributed by atoms with van der Waals surface area (Å²) in [6.45, 7) is 1.67. The maximum Gasteiger partial charge on any atom is 0.341 e. The number of benzene rings is 2. The first-order valence-corrected chi connectivity index (χ1v) is 6.13. The molecular formula is C16H18FNO5. The van der Waals surface area contributed by atoms with Crippen LogP contribution < -0.4 is 0 Å². The molecule has 0 unspecified atom stereocenters. The predicted molar refractivity (Wildman–Crippen MR) is 84.0 cm³/mol. The standard InChI is InChI=1S/C8H8O3.C7H6FNO2.CH4/c1-11-8(10)6-4-2-3-5-7(6)9;1-5-2-3-6(8)7(4-5)9(10)11;/h2-5,9H,1H3;2-4H,1H3;1H4. The number of methoxy groups -OCH3 is 1. The molecule has 0 saturated heterocycles. The number of phenolic OH excluding ortho intramolecular Hbond substituents is 1. The van der Waals surface area contributed by atoms with Crippen LogP contribution in [0.3, 0.4) is 0 Å². The van der Waals surface area contributed by atoms with Crippen molar-refractivity contribution in [3.05, 3.63) is 69.5 Å². The molecule has 0 saturated carbocycles. The molecule has 0 spiro atoms. The number of nitrogens with zero attached hydrogens (tertiary/aromatic N) is 1. The van der Waals surface area contributed by atoms with Gasteiger partial charge in [0.1, 0.15) is 11.3 Å². The maximum absolute atomic E-state index is 12.6. The second kappa shape index (κ2) is 9.14. The summed E-state index contributed by atoms with van der Waals surface area (Å²) >= 11 is 0. The average Bonchev–Trinajstić information content (AvgIpc) is 2.50. The average molecular weight is 323 g/mol. The van der Waals surface area contributed by atoms with Crippen LogP contribution >= 0.6 is 0 Å². The van der Waals surface area contributed by atoms with Crippen molar-refractivity contribution in [2.24, 2.45) is 0 Å². The number of aryl methyl sites for hydroxylation is 1. The highest BCUT2D eigenvalue weighted by molar-refractivity contribution is 5.92. The highest BCUT2D eigenvalue weighted by Gasteiger charge is 2.12. The van der Waals surface area contributed by atoms with Crippen LogP contribution in [0.15, 0.2) is 42.5 Å². The van der Waals surface area contributed by atoms with Crippen molar-refractivity contribution in [1.29, 1.82) is 0 Å². The van der Waals surface area contributed by atoms with Crippen molar-refractivity contribution in [3.8, 4) is 5.75 Å². The van der Waals surface area contributed by atoms with Crippen molar-refractivity contribution in [2.75, 3.05) is 7.11 Å². The molecule has 23 heavy (non-hydrogen) atoms. The third-order valence-electron chi connectivity index (χ3n) is 2.61. The Morgan fingerprint density at radius 1 is 1.26 bits per heavy atom. The van der Waals surface area contributed by atoms with Gasteiger partial charge in [0.2, 0.25) is 5.82 Å². The van der Waals surface area contributed by atoms with Crippen molar-refractivity contribution < 1.29 is 24.0 Å². The lowest BCUT2D eigenvalue weighted by molar-refractivity contribution is -0.387. The third kappa shape index (κ3) is 5.74. The lowest BCUT2D eigenvalue weighted by Crippen LogP contribution is -2.00. The first kappa shape index (κ1) is 20.0. The van der Waals surface area contributed by atoms with Gasteiger partial charge in [0.05, 0.1) is 12.0 Å². The number of hydrogen-bond donors (Lipinski definition) is 1. The summed E-state index contributed by atoms with van der Waals surface area (Å²) in [4.78, 5) is 20.3. The number of nitro groups is 1. The number of hydrogen-bond acceptors (Lipinski definition) is 5. The smallest absolute Gasteiger partial charge is 0.341 e. The largest absolute Gasteiger partial charge is 0.507 e. The van der Waals surface area contributed by atoms with Crippen LogP contribution in [-0.2, 0) is 4.74 Å². The molecule has 6 nitrogen and oxygen atoms in total. The zero-order valence-corrected chi connectivity index (χ0v) is 11.9. The molecule has 7 heteroatoms. The third-order valence-corrected chi connectivity index (χ3v) is 2.61. The Balaban J connectivity index is 0.000000403. The summed E-state index contributed by atoms with van der Waals surface area (Å²) in [7, 11) is 1.27. The zero-order chi connectivity index (χ0) is 16.7. The Morgan fingerprint density at radius 2 is 1.87 bits per heavy atom. The van der Waals surface area contributed by atoms with E-state index >= 15 is 0 Å². The van der Waals surface area contributed by atoms with Gasteiger partial charge in [-0.25, -0.2) is 4.79 Å². The topological polar surface area (TPSA) is 89.7 Å². The molecule has 0 aliphatic carbocycles. The van der Waals surface area contributed by atoms with E-state index in [1.807, 2.05) is 0 Å². The van der Waals surface area contributed by atoms with Gasteiger partial charge in [-0.2, -0.15) is 4.39 Å². The number of nitro benzene ring substituents is 1. The summed E-state index contributed by atoms with van der Waals surface area (Å²) in [6.07, 6.45) is 0. The van der Waals surface area contributed by atoms with Gasteiger partial charge in [0.15, 0.2) is 0 Å². The lowest BCUT2D eigenvalue weighted by atomic mass is 10.2. The van der Waals surface area contributed by atoms with E-state index in [1.54, 1.807) is 19.1 Å². The monoisotopic (exact) mass is 323 g/mol. The van der Waals surface area contributed by atoms with E-state index in [0.29, 0.717) is 5.56 Å². The molecule has 0 heterocycles. The van der Waals surface area contributed by atoms with Crippen molar-refractivity contribution in [1.82, 2.24) is 0 Å². The molecule has 0 aliphatic rings. The maximum atomic E-state index is 12.6. The van der Waals surface area contributed by atoms with Gasteiger partial charge >= 0.3 is 11.7 Å². The zero-order valence-electron chi connectivity index (χ0n) is 11.9. The summed E-state index contributed by atoms with van der Waals surface area (Å²) in [5.74, 6) is -1.37. The Labute approximate surface area is 133 Å². The molecule has 0 radical (unpaired) electrons. The van der Waals surface area contributed by atoms with E-state index in [4.69, 9.17) is 5.11 Å². The van der Waals surface area contributed by atoms with Gasteiger partial charge in [0, 0.05) is 6.07 Å². The number of esters is 1. The van der Waals surface area contributed by atoms with Gasteiger partial charge in [-0.3, -0.25) is 10.1 Å². The minimum Gasteiger partial charge on any atom is -0.507 e. The summed E-state index contributed by atoms with van der Waals surface area (Å²) in [5, 5.41) is 19.3. The molecule has 0 aliphatic heterocycles. The number of para-hydroxylation sites is 1. The lowest BCUT2D eigenvalue weighted by Gasteiger charge is -1.99. The van der Waals surface area contributed by atoms with E-state index in [2.05, 4.69) is 4.74 Å². The quantitative estimate of drug-likeness (QED) is 0.515. The number of aromatic hydroxyl groups is 1. The Morgan fingerprint density at radius 3 is 2.35 bits per heavy atom. The summed E-state index contributed by atoms with van der Waals surface area (Å²) in [5.41, 5.74) is 0.401. The van der Waals surface area contributed by atoms with E-state index in [9.17, 15) is 19.3 Å². The SMILES string of the molecule is C.COC(=O)c1ccccc1O.Cc1ccc(F)c([N+](=O)[O-])c1. The highest BCUT2D eigenvalue weighted by atomic mass is 19.1. The van der Waals surface area contributed by atoms with E-state index in [0.717, 1.165) is 6.07 Å². The highest BCUT2D eigenvalue weighted by Crippen LogP contribution is 2.17. The van der Waals surface area contributed by atoms with Crippen molar-refractivity contribution in [2.45, 2.75) is 14.4 Å². The molecule has 0 amide bonds. The Hall–Kier alpha value is -2.96. The number of halogens is 1. The van der Waals surface area contributed by atoms with E-state index in [1.165, 1.54) is 31.4 Å². The molecule has 0 aromatic heterocycles. The fraction of sp³-hybridized carbons (Fsp3) is 0.188. The number of carbonyl (C=O) groups excluding carboxylic acids is 1. The van der Waals surface area contributed by atoms with Crippen LogP contribution in [0.2, 0.25) is 0 Å². The summed E-state index contributed by atoms with van der Waals surface area (Å²) < 4.78 is 17.0. The molecule has 0 atom stereocenters. The summed E-state index contributed by atoms with van der Waals surface area (Å²) in [6, 6.07) is 10.0. The van der Waals surface area contributed by atoms with Crippen LogP contribution in [0.1, 0.15) is 23.3 Å². The van der Waals surface area contributed by atoms with Crippen LogP contribution in [0.5, 0.6) is 5.75 Å². The molecule has 2 aromatic carbocycles. The number of ether oxygens (including phenoxy) is 1. The fourth-order valence-corrected chi connectivity index (χ4v) is 1.52. The predicted octanol–water partition coefficient (Wildman–Crippen LogP) is 3.86. The molecular weight excluding hydrogens is 305 g/mol. The number of carbonyl (C=O) groups is 1. The number of phenols is 1. The molecule has 2 aromatic rings. The normalized spacial score (nSPS) is 9.00. The van der Waals surface area contributed by atoms with E-state index < -0.39 is 22.4 Å². The molecule has 2 rings (SSSR count). The Kier molecular flexibility index (Phi) is 7.96. The molecule has 1 N–H and O–H groups in total. The number of rotatable bonds is 2. The minimum absolute atomic E-state index is 0. The van der Waals surface area contributed by atoms with Gasteiger partial charge in [-0.05, 0) is 30.7 Å². The van der Waals surface area contributed by atoms with Crippen LogP contribution in [-0.4, -0.2) is 23.1 Å². The van der Waals surface area contributed by atoms with Crippen LogP contribution in [0, 0.1) is 22.9 Å². The van der Waals surface area contributed by atoms with Gasteiger partial charge in [-0.1, -0.05) is 25.6 Å². The van der Waals surface area contributed by atoms with Crippen molar-refractivity contribution in [3.63, 3.8) is 0 Å². The molecule has 124 valence electrons. The van der Waals surface area contributed by atoms with Gasteiger partial charge in [0.25, 0.3) is 0 Å². The second-order valence-electron chi connectivity index (χ2n) is 4.22. The minimum atomic E-state index is -0.791. The van der Waals surface area contributed by atoms with Crippen LogP contribution in [0.25, 0.3) is 0 Å². The van der Waals surface area contributed by atoms with E-state index in [-0.39, 0.29) is 18.7 Å². The first-order chi connectivity index (χ1) is 10.4. The molecule has 0 bridgehead atoms. The van der Waals surface area contributed by atoms with Crippen LogP contribution in [0.4, 0.5) is 10.1 Å². The fourth-order valence-electron chi connectivity index (χ4n) is 1.52. The van der Waals surface area contributed by atoms with Gasteiger partial charge < -0.3 is 9.84 Å². The first-order valence-electron chi connectivity index (χ1n) is 6.13. The van der Waals surface area contributed by atoms with Crippen molar-refractivity contribution >= 4 is 11.7 Å². The van der Waals surface area contributed by atoms with Gasteiger partial charge in [-0.15, -0.1) is 0 Å². The molecule has 0 fully saturated rings.